The highest BCUT2D eigenvalue weighted by Crippen LogP contribution is 2.18. The molecule has 3 N–H and O–H groups in total. The number of nitrogens with zero attached hydrogens (tertiary/aromatic N) is 1. The van der Waals surface area contributed by atoms with Crippen LogP contribution in [0.1, 0.15) is 82.5 Å². The Morgan fingerprint density at radius 3 is 2.36 bits per heavy atom. The van der Waals surface area contributed by atoms with E-state index >= 15 is 0 Å². The predicted octanol–water partition coefficient (Wildman–Crippen LogP) is 6.71. The van der Waals surface area contributed by atoms with E-state index in [1.807, 2.05) is 18.2 Å². The summed E-state index contributed by atoms with van der Waals surface area (Å²) < 4.78 is 0. The van der Waals surface area contributed by atoms with Gasteiger partial charge in [-0.15, -0.1) is 0 Å². The summed E-state index contributed by atoms with van der Waals surface area (Å²) in [4.78, 5) is 8.05. The maximum atomic E-state index is 4.65. The molecule has 1 heterocycles. The Bertz CT molecular complexity index is 895. The zero-order valence-corrected chi connectivity index (χ0v) is 20.8. The van der Waals surface area contributed by atoms with Gasteiger partial charge in [-0.25, -0.2) is 4.98 Å². The lowest BCUT2D eigenvalue weighted by Crippen LogP contribution is -2.32. The molecule has 0 unspecified atom stereocenters. The lowest BCUT2D eigenvalue weighted by molar-refractivity contribution is 0.383. The van der Waals surface area contributed by atoms with E-state index in [0.29, 0.717) is 6.04 Å². The first-order valence-electron chi connectivity index (χ1n) is 13.0. The molecular weight excluding hydrogens is 404 g/mol. The average molecular weight is 449 g/mol. The number of allylic oxidation sites excluding steroid dienone is 2. The number of imidazole rings is 1. The summed E-state index contributed by atoms with van der Waals surface area (Å²) in [5, 5.41) is 7.01. The Kier molecular flexibility index (Phi) is 10.9. The number of aromatic nitrogens is 2. The summed E-state index contributed by atoms with van der Waals surface area (Å²) in [5.41, 5.74) is 4.55. The van der Waals surface area contributed by atoms with Gasteiger partial charge in [0.05, 0.1) is 11.0 Å². The molecular formula is C29H44N4. The highest BCUT2D eigenvalue weighted by atomic mass is 14.9. The number of hydrogen-bond acceptors (Lipinski definition) is 3. The van der Waals surface area contributed by atoms with Crippen LogP contribution in [0.4, 0.5) is 0 Å². The molecule has 2 fully saturated rings. The van der Waals surface area contributed by atoms with E-state index in [-0.39, 0.29) is 0 Å². The van der Waals surface area contributed by atoms with Gasteiger partial charge in [0.25, 0.3) is 0 Å². The molecule has 0 amide bonds. The van der Waals surface area contributed by atoms with Gasteiger partial charge in [-0.2, -0.15) is 0 Å². The normalized spacial score (nSPS) is 18.4. The predicted molar refractivity (Wildman–Crippen MR) is 144 cm³/mol. The largest absolute Gasteiger partial charge is 0.342 e. The summed E-state index contributed by atoms with van der Waals surface area (Å²) in [6, 6.07) is 7.72. The molecule has 0 aliphatic heterocycles. The Hall–Kier alpha value is -2.17. The van der Waals surface area contributed by atoms with Crippen molar-refractivity contribution in [1.29, 1.82) is 0 Å². The van der Waals surface area contributed by atoms with E-state index in [0.717, 1.165) is 41.4 Å². The van der Waals surface area contributed by atoms with Crippen LogP contribution in [0.5, 0.6) is 0 Å². The highest BCUT2D eigenvalue weighted by Gasteiger charge is 2.12. The number of fused-ring (bicyclic) bond motifs is 1. The zero-order valence-electron chi connectivity index (χ0n) is 20.8. The van der Waals surface area contributed by atoms with E-state index in [1.165, 1.54) is 69.8 Å². The van der Waals surface area contributed by atoms with Crippen molar-refractivity contribution in [3.05, 3.63) is 60.0 Å². The van der Waals surface area contributed by atoms with Crippen molar-refractivity contribution in [2.75, 3.05) is 13.6 Å². The average Bonchev–Trinajstić information content (AvgIpc) is 3.29. The van der Waals surface area contributed by atoms with Gasteiger partial charge in [-0.05, 0) is 62.9 Å². The minimum atomic E-state index is 0.700. The van der Waals surface area contributed by atoms with E-state index in [4.69, 9.17) is 0 Å². The molecule has 1 aromatic carbocycles. The molecule has 0 radical (unpaired) electrons. The van der Waals surface area contributed by atoms with Crippen LogP contribution in [0.25, 0.3) is 17.1 Å². The van der Waals surface area contributed by atoms with Crippen molar-refractivity contribution in [2.45, 2.75) is 89.6 Å². The Labute approximate surface area is 201 Å². The van der Waals surface area contributed by atoms with Gasteiger partial charge in [-0.3, -0.25) is 0 Å². The molecule has 4 rings (SSSR count). The van der Waals surface area contributed by atoms with Crippen LogP contribution in [0.3, 0.4) is 0 Å². The zero-order chi connectivity index (χ0) is 23.3. The fraction of sp³-hybridized carbons (Fsp3) is 0.552. The fourth-order valence-electron chi connectivity index (χ4n) is 4.84. The second kappa shape index (κ2) is 14.2. The molecule has 2 aliphatic carbocycles. The first kappa shape index (κ1) is 25.5. The van der Waals surface area contributed by atoms with Crippen molar-refractivity contribution < 1.29 is 0 Å². The van der Waals surface area contributed by atoms with Crippen molar-refractivity contribution in [2.24, 2.45) is 0 Å². The minimum absolute atomic E-state index is 0.700. The molecule has 0 spiro atoms. The van der Waals surface area contributed by atoms with Crippen molar-refractivity contribution in [3.63, 3.8) is 0 Å². The maximum absolute atomic E-state index is 4.65. The van der Waals surface area contributed by atoms with E-state index in [9.17, 15) is 0 Å². The summed E-state index contributed by atoms with van der Waals surface area (Å²) in [6.07, 6.45) is 23.2. The van der Waals surface area contributed by atoms with Gasteiger partial charge in [0.15, 0.2) is 0 Å². The van der Waals surface area contributed by atoms with Gasteiger partial charge in [0, 0.05) is 25.0 Å². The summed E-state index contributed by atoms with van der Waals surface area (Å²) in [7, 11) is 2.07. The summed E-state index contributed by atoms with van der Waals surface area (Å²) in [6.45, 7) is 6.89. The molecule has 4 heteroatoms. The van der Waals surface area contributed by atoms with Gasteiger partial charge < -0.3 is 15.6 Å². The molecule has 1 aromatic heterocycles. The molecule has 0 bridgehead atoms. The second-order valence-corrected chi connectivity index (χ2v) is 9.47. The van der Waals surface area contributed by atoms with E-state index < -0.39 is 0 Å². The highest BCUT2D eigenvalue weighted by molar-refractivity contribution is 5.78. The lowest BCUT2D eigenvalue weighted by atomic mass is 9.95. The van der Waals surface area contributed by atoms with Crippen LogP contribution in [-0.4, -0.2) is 35.6 Å². The van der Waals surface area contributed by atoms with E-state index in [1.54, 1.807) is 0 Å². The van der Waals surface area contributed by atoms with E-state index in [2.05, 4.69) is 65.4 Å². The van der Waals surface area contributed by atoms with Gasteiger partial charge in [0.2, 0.25) is 0 Å². The summed E-state index contributed by atoms with van der Waals surface area (Å²) in [5.74, 6) is 1.00. The monoisotopic (exact) mass is 448 g/mol. The topological polar surface area (TPSA) is 52.7 Å². The standard InChI is InChI=1S/C22H29N3.C7H15N/c1-3-17-13-14-20-21(15-17)25-22(24-20)12-8-9-18(4-2)16-23-19-10-6-5-7-11-19;1-8-7-5-3-2-4-6-7/h3-4,8-9,13-15,19,23H,1,5-7,10-12,16H2,2H3,(H,24,25);7-8H,2-6H2,1H3/b9-8-,18-4+;. The molecule has 180 valence electrons. The third-order valence-corrected chi connectivity index (χ3v) is 7.02. The van der Waals surface area contributed by atoms with Crippen LogP contribution < -0.4 is 10.6 Å². The van der Waals surface area contributed by atoms with Crippen LogP contribution in [0.15, 0.2) is 48.6 Å². The molecule has 0 atom stereocenters. The third kappa shape index (κ3) is 8.60. The third-order valence-electron chi connectivity index (χ3n) is 7.02. The van der Waals surface area contributed by atoms with Crippen molar-refractivity contribution >= 4 is 17.1 Å². The quantitative estimate of drug-likeness (QED) is 0.393. The molecule has 2 aliphatic rings. The Balaban J connectivity index is 0.000000323. The number of aromatic amines is 1. The summed E-state index contributed by atoms with van der Waals surface area (Å²) >= 11 is 0. The Morgan fingerprint density at radius 2 is 1.76 bits per heavy atom. The van der Waals surface area contributed by atoms with Crippen molar-refractivity contribution in [3.8, 4) is 0 Å². The molecule has 4 nitrogen and oxygen atoms in total. The molecule has 33 heavy (non-hydrogen) atoms. The van der Waals surface area contributed by atoms with Gasteiger partial charge in [0.1, 0.15) is 5.82 Å². The van der Waals surface area contributed by atoms with Crippen LogP contribution in [0, 0.1) is 0 Å². The Morgan fingerprint density at radius 1 is 1.06 bits per heavy atom. The van der Waals surface area contributed by atoms with Crippen LogP contribution >= 0.6 is 0 Å². The minimum Gasteiger partial charge on any atom is -0.342 e. The number of H-pyrrole nitrogens is 1. The molecule has 2 aromatic rings. The lowest BCUT2D eigenvalue weighted by Gasteiger charge is -2.23. The fourth-order valence-corrected chi connectivity index (χ4v) is 4.84. The van der Waals surface area contributed by atoms with Gasteiger partial charge >= 0.3 is 0 Å². The molecule has 2 saturated carbocycles. The SMILES string of the molecule is C=Cc1ccc2nc(C/C=C\C(=C/C)CNC3CCCCC3)[nH]c2c1.CNC1CCCCC1. The number of benzene rings is 1. The van der Waals surface area contributed by atoms with Gasteiger partial charge in [-0.1, -0.05) is 75.5 Å². The van der Waals surface area contributed by atoms with Crippen molar-refractivity contribution in [1.82, 2.24) is 20.6 Å². The first-order chi connectivity index (χ1) is 16.2. The molecule has 0 saturated heterocycles. The number of hydrogen-bond donors (Lipinski definition) is 3. The van der Waals surface area contributed by atoms with Crippen LogP contribution in [0.2, 0.25) is 0 Å². The smallest absolute Gasteiger partial charge is 0.111 e. The number of rotatable bonds is 8. The first-order valence-corrected chi connectivity index (χ1v) is 13.0. The maximum Gasteiger partial charge on any atom is 0.111 e. The number of nitrogens with one attached hydrogen (secondary N) is 3. The van der Waals surface area contributed by atoms with Crippen LogP contribution in [-0.2, 0) is 6.42 Å². The second-order valence-electron chi connectivity index (χ2n) is 9.47.